The van der Waals surface area contributed by atoms with E-state index in [2.05, 4.69) is 30.7 Å². The molecule has 0 radical (unpaired) electrons. The molecule has 0 spiro atoms. The van der Waals surface area contributed by atoms with E-state index < -0.39 is 0 Å². The van der Waals surface area contributed by atoms with Gasteiger partial charge in [0.25, 0.3) is 0 Å². The lowest BCUT2D eigenvalue weighted by Crippen LogP contribution is -2.42. The maximum absolute atomic E-state index is 12.1. The fourth-order valence-electron chi connectivity index (χ4n) is 2.70. The Morgan fingerprint density at radius 2 is 2.05 bits per heavy atom. The van der Waals surface area contributed by atoms with E-state index >= 15 is 0 Å². The van der Waals surface area contributed by atoms with Crippen LogP contribution in [0.15, 0.2) is 24.3 Å². The highest BCUT2D eigenvalue weighted by Crippen LogP contribution is 2.31. The molecule has 4 heteroatoms. The molecule has 1 aliphatic heterocycles. The van der Waals surface area contributed by atoms with Crippen molar-refractivity contribution in [2.75, 3.05) is 6.54 Å². The third kappa shape index (κ3) is 2.11. The van der Waals surface area contributed by atoms with Crippen LogP contribution in [0.3, 0.4) is 0 Å². The molecule has 1 fully saturated rings. The van der Waals surface area contributed by atoms with E-state index in [-0.39, 0.29) is 17.4 Å². The van der Waals surface area contributed by atoms with Crippen LogP contribution in [0.4, 0.5) is 0 Å². The van der Waals surface area contributed by atoms with Crippen LogP contribution in [0.2, 0.25) is 0 Å². The highest BCUT2D eigenvalue weighted by atomic mass is 16.2. The number of hydrogen-bond donors (Lipinski definition) is 1. The van der Waals surface area contributed by atoms with E-state index in [9.17, 15) is 4.79 Å². The Balaban J connectivity index is 1.90. The minimum atomic E-state index is -0.113. The number of aromatic amines is 1. The SMILES string of the molecule is CC(C)(C)N1C[C@H](c2nc3ccccc3[nH]2)CC1=O. The van der Waals surface area contributed by atoms with Crippen LogP contribution in [0.1, 0.15) is 38.9 Å². The highest BCUT2D eigenvalue weighted by molar-refractivity contribution is 5.81. The number of hydrogen-bond acceptors (Lipinski definition) is 2. The number of imidazole rings is 1. The number of nitrogens with zero attached hydrogens (tertiary/aromatic N) is 2. The number of carbonyl (C=O) groups excluding carboxylic acids is 1. The average molecular weight is 257 g/mol. The number of carbonyl (C=O) groups is 1. The third-order valence-corrected chi connectivity index (χ3v) is 3.73. The van der Waals surface area contributed by atoms with Crippen LogP contribution in [-0.4, -0.2) is 32.9 Å². The fourth-order valence-corrected chi connectivity index (χ4v) is 2.70. The van der Waals surface area contributed by atoms with Crippen LogP contribution < -0.4 is 0 Å². The second kappa shape index (κ2) is 4.08. The van der Waals surface area contributed by atoms with E-state index in [0.717, 1.165) is 23.4 Å². The monoisotopic (exact) mass is 257 g/mol. The zero-order chi connectivity index (χ0) is 13.6. The topological polar surface area (TPSA) is 49.0 Å². The van der Waals surface area contributed by atoms with Crippen molar-refractivity contribution >= 4 is 16.9 Å². The number of aromatic nitrogens is 2. The molecule has 1 aliphatic rings. The Bertz CT molecular complexity index is 591. The van der Waals surface area contributed by atoms with Gasteiger partial charge in [-0.3, -0.25) is 4.79 Å². The first-order chi connectivity index (χ1) is 8.95. The quantitative estimate of drug-likeness (QED) is 0.854. The molecule has 0 aliphatic carbocycles. The molecule has 19 heavy (non-hydrogen) atoms. The molecule has 1 N–H and O–H groups in total. The molecule has 1 atom stereocenters. The van der Waals surface area contributed by atoms with Crippen molar-refractivity contribution in [2.24, 2.45) is 0 Å². The summed E-state index contributed by atoms with van der Waals surface area (Å²) in [4.78, 5) is 22.0. The molecular formula is C15H19N3O. The van der Waals surface area contributed by atoms with Crippen LogP contribution in [0, 0.1) is 0 Å². The third-order valence-electron chi connectivity index (χ3n) is 3.73. The largest absolute Gasteiger partial charge is 0.342 e. The van der Waals surface area contributed by atoms with E-state index in [4.69, 9.17) is 0 Å². The summed E-state index contributed by atoms with van der Waals surface area (Å²) in [7, 11) is 0. The van der Waals surface area contributed by atoms with Gasteiger partial charge in [0.05, 0.1) is 11.0 Å². The number of benzene rings is 1. The van der Waals surface area contributed by atoms with Gasteiger partial charge in [-0.15, -0.1) is 0 Å². The summed E-state index contributed by atoms with van der Waals surface area (Å²) >= 11 is 0. The molecule has 0 unspecified atom stereocenters. The van der Waals surface area contributed by atoms with Crippen LogP contribution in [-0.2, 0) is 4.79 Å². The lowest BCUT2D eigenvalue weighted by Gasteiger charge is -2.31. The zero-order valence-corrected chi connectivity index (χ0v) is 11.6. The van der Waals surface area contributed by atoms with Gasteiger partial charge in [0.2, 0.25) is 5.91 Å². The highest BCUT2D eigenvalue weighted by Gasteiger charge is 2.37. The van der Waals surface area contributed by atoms with Crippen LogP contribution >= 0.6 is 0 Å². The zero-order valence-electron chi connectivity index (χ0n) is 11.6. The summed E-state index contributed by atoms with van der Waals surface area (Å²) in [5.74, 6) is 1.33. The fraction of sp³-hybridized carbons (Fsp3) is 0.467. The van der Waals surface area contributed by atoms with Crippen molar-refractivity contribution in [3.63, 3.8) is 0 Å². The van der Waals surface area contributed by atoms with Gasteiger partial charge in [0.15, 0.2) is 0 Å². The predicted molar refractivity (Wildman–Crippen MR) is 74.9 cm³/mol. The molecule has 100 valence electrons. The number of likely N-dealkylation sites (tertiary alicyclic amines) is 1. The predicted octanol–water partition coefficient (Wildman–Crippen LogP) is 2.68. The molecule has 1 aromatic carbocycles. The Labute approximate surface area is 112 Å². The van der Waals surface area contributed by atoms with Crippen molar-refractivity contribution in [3.8, 4) is 0 Å². The van der Waals surface area contributed by atoms with Gasteiger partial charge in [0.1, 0.15) is 5.82 Å². The number of nitrogens with one attached hydrogen (secondary N) is 1. The van der Waals surface area contributed by atoms with Gasteiger partial charge in [0, 0.05) is 24.4 Å². The molecule has 1 saturated heterocycles. The Kier molecular flexibility index (Phi) is 2.62. The van der Waals surface area contributed by atoms with Crippen molar-refractivity contribution in [1.82, 2.24) is 14.9 Å². The minimum Gasteiger partial charge on any atom is -0.342 e. The normalized spacial score (nSPS) is 20.5. The number of H-pyrrole nitrogens is 1. The van der Waals surface area contributed by atoms with Gasteiger partial charge < -0.3 is 9.88 Å². The maximum atomic E-state index is 12.1. The lowest BCUT2D eigenvalue weighted by atomic mass is 10.1. The number of fused-ring (bicyclic) bond motifs is 1. The smallest absolute Gasteiger partial charge is 0.223 e. The summed E-state index contributed by atoms with van der Waals surface area (Å²) in [6.07, 6.45) is 0.553. The molecule has 3 rings (SSSR count). The summed E-state index contributed by atoms with van der Waals surface area (Å²) in [5, 5.41) is 0. The van der Waals surface area contributed by atoms with Gasteiger partial charge in [-0.05, 0) is 32.9 Å². The van der Waals surface area contributed by atoms with Crippen molar-refractivity contribution in [1.29, 1.82) is 0 Å². The van der Waals surface area contributed by atoms with Crippen molar-refractivity contribution < 1.29 is 4.79 Å². The van der Waals surface area contributed by atoms with Crippen molar-refractivity contribution in [2.45, 2.75) is 38.6 Å². The second-order valence-corrected chi connectivity index (χ2v) is 6.22. The van der Waals surface area contributed by atoms with Crippen LogP contribution in [0.25, 0.3) is 11.0 Å². The first-order valence-electron chi connectivity index (χ1n) is 6.70. The average Bonchev–Trinajstić information content (AvgIpc) is 2.90. The van der Waals surface area contributed by atoms with E-state index in [0.29, 0.717) is 6.42 Å². The number of amides is 1. The van der Waals surface area contributed by atoms with E-state index in [1.54, 1.807) is 0 Å². The maximum Gasteiger partial charge on any atom is 0.223 e. The molecule has 0 bridgehead atoms. The lowest BCUT2D eigenvalue weighted by molar-refractivity contribution is -0.131. The van der Waals surface area contributed by atoms with Gasteiger partial charge >= 0.3 is 0 Å². The van der Waals surface area contributed by atoms with Gasteiger partial charge in [-0.1, -0.05) is 12.1 Å². The summed E-state index contributed by atoms with van der Waals surface area (Å²) < 4.78 is 0. The summed E-state index contributed by atoms with van der Waals surface area (Å²) in [5.41, 5.74) is 1.90. The molecule has 4 nitrogen and oxygen atoms in total. The summed E-state index contributed by atoms with van der Waals surface area (Å²) in [6, 6.07) is 7.98. The Morgan fingerprint density at radius 3 is 2.68 bits per heavy atom. The standard InChI is InChI=1S/C15H19N3O/c1-15(2,3)18-9-10(8-13(18)19)14-16-11-6-4-5-7-12(11)17-14/h4-7,10H,8-9H2,1-3H3,(H,16,17)/t10-/m1/s1. The Morgan fingerprint density at radius 1 is 1.32 bits per heavy atom. The molecule has 1 aromatic heterocycles. The first-order valence-corrected chi connectivity index (χ1v) is 6.70. The molecule has 2 heterocycles. The first kappa shape index (κ1) is 12.2. The van der Waals surface area contributed by atoms with E-state index in [1.807, 2.05) is 29.2 Å². The van der Waals surface area contributed by atoms with Gasteiger partial charge in [-0.2, -0.15) is 0 Å². The van der Waals surface area contributed by atoms with E-state index in [1.165, 1.54) is 0 Å². The van der Waals surface area contributed by atoms with Crippen molar-refractivity contribution in [3.05, 3.63) is 30.1 Å². The van der Waals surface area contributed by atoms with Gasteiger partial charge in [-0.25, -0.2) is 4.98 Å². The molecule has 1 amide bonds. The van der Waals surface area contributed by atoms with Crippen LogP contribution in [0.5, 0.6) is 0 Å². The number of para-hydroxylation sites is 2. The minimum absolute atomic E-state index is 0.113. The number of rotatable bonds is 1. The second-order valence-electron chi connectivity index (χ2n) is 6.22. The molecular weight excluding hydrogens is 238 g/mol. The Hall–Kier alpha value is -1.84. The molecule has 2 aromatic rings. The summed E-state index contributed by atoms with van der Waals surface area (Å²) in [6.45, 7) is 6.98. The molecule has 0 saturated carbocycles.